The van der Waals surface area contributed by atoms with Gasteiger partial charge in [0.25, 0.3) is 0 Å². The minimum absolute atomic E-state index is 0.443. The molecule has 0 saturated carbocycles. The number of thiazole rings is 1. The fourth-order valence-electron chi connectivity index (χ4n) is 1.58. The van der Waals surface area contributed by atoms with Crippen molar-refractivity contribution in [2.24, 2.45) is 0 Å². The van der Waals surface area contributed by atoms with Crippen LogP contribution in [0.5, 0.6) is 0 Å². The van der Waals surface area contributed by atoms with Crippen molar-refractivity contribution in [2.45, 2.75) is 33.2 Å². The van der Waals surface area contributed by atoms with E-state index in [0.717, 1.165) is 6.54 Å². The first-order valence-corrected chi connectivity index (χ1v) is 7.52. The highest BCUT2D eigenvalue weighted by Gasteiger charge is 2.11. The summed E-state index contributed by atoms with van der Waals surface area (Å²) in [7, 11) is 0. The summed E-state index contributed by atoms with van der Waals surface area (Å²) in [4.78, 5) is 5.84. The lowest BCUT2D eigenvalue weighted by atomic mass is 10.2. The van der Waals surface area contributed by atoms with E-state index in [1.165, 1.54) is 27.8 Å². The Labute approximate surface area is 101 Å². The molecule has 1 rings (SSSR count). The maximum atomic E-state index is 4.45. The van der Waals surface area contributed by atoms with Crippen molar-refractivity contribution in [2.75, 3.05) is 18.6 Å². The zero-order valence-electron chi connectivity index (χ0n) is 9.96. The molecule has 0 amide bonds. The normalized spacial score (nSPS) is 13.1. The third-order valence-electron chi connectivity index (χ3n) is 2.31. The van der Waals surface area contributed by atoms with Gasteiger partial charge in [0, 0.05) is 10.9 Å². The maximum absolute atomic E-state index is 4.45. The van der Waals surface area contributed by atoms with Crippen molar-refractivity contribution >= 4 is 23.1 Å². The third kappa shape index (κ3) is 4.13. The molecule has 0 aliphatic heterocycles. The lowest BCUT2D eigenvalue weighted by Crippen LogP contribution is -2.20. The van der Waals surface area contributed by atoms with Crippen molar-refractivity contribution in [3.63, 3.8) is 0 Å². The number of rotatable bonds is 6. The van der Waals surface area contributed by atoms with Crippen LogP contribution in [0.4, 0.5) is 0 Å². The van der Waals surface area contributed by atoms with E-state index in [4.69, 9.17) is 0 Å². The number of hydrogen-bond acceptors (Lipinski definition) is 4. The molecular weight excluding hydrogens is 224 g/mol. The number of thioether (sulfide) groups is 1. The van der Waals surface area contributed by atoms with Gasteiger partial charge in [0.05, 0.1) is 10.7 Å². The Hall–Kier alpha value is -0.0600. The Morgan fingerprint density at radius 1 is 1.47 bits per heavy atom. The summed E-state index contributed by atoms with van der Waals surface area (Å²) in [5, 5.41) is 4.71. The predicted molar refractivity (Wildman–Crippen MR) is 71.0 cm³/mol. The van der Waals surface area contributed by atoms with Gasteiger partial charge in [0.2, 0.25) is 0 Å². The van der Waals surface area contributed by atoms with E-state index >= 15 is 0 Å². The van der Waals surface area contributed by atoms with Crippen molar-refractivity contribution in [1.29, 1.82) is 0 Å². The molecule has 0 saturated heterocycles. The van der Waals surface area contributed by atoms with Crippen LogP contribution < -0.4 is 5.32 Å². The van der Waals surface area contributed by atoms with E-state index in [9.17, 15) is 0 Å². The molecule has 1 N–H and O–H groups in total. The van der Waals surface area contributed by atoms with Gasteiger partial charge in [0.15, 0.2) is 0 Å². The molecule has 2 nitrogen and oxygen atoms in total. The van der Waals surface area contributed by atoms with E-state index < -0.39 is 0 Å². The average molecular weight is 244 g/mol. The summed E-state index contributed by atoms with van der Waals surface area (Å²) in [5.74, 6) is 1.24. The third-order valence-corrected chi connectivity index (χ3v) is 4.26. The van der Waals surface area contributed by atoms with Crippen LogP contribution in [0.3, 0.4) is 0 Å². The van der Waals surface area contributed by atoms with Gasteiger partial charge in [-0.15, -0.1) is 11.3 Å². The molecule has 1 atom stereocenters. The van der Waals surface area contributed by atoms with Crippen LogP contribution in [0.25, 0.3) is 0 Å². The highest BCUT2D eigenvalue weighted by atomic mass is 32.2. The van der Waals surface area contributed by atoms with Crippen LogP contribution in [0.15, 0.2) is 0 Å². The standard InChI is InChI=1S/C11H20N2S2/c1-8(12-6-5-7-14-4)11-9(2)13-10(3)15-11/h8,12H,5-7H2,1-4H3. The van der Waals surface area contributed by atoms with Crippen molar-refractivity contribution in [1.82, 2.24) is 10.3 Å². The second kappa shape index (κ2) is 6.51. The smallest absolute Gasteiger partial charge is 0.0900 e. The van der Waals surface area contributed by atoms with E-state index in [1.54, 1.807) is 0 Å². The van der Waals surface area contributed by atoms with Gasteiger partial charge >= 0.3 is 0 Å². The summed E-state index contributed by atoms with van der Waals surface area (Å²) in [5.41, 5.74) is 1.18. The van der Waals surface area contributed by atoms with Crippen LogP contribution in [0.1, 0.15) is 35.0 Å². The van der Waals surface area contributed by atoms with Crippen LogP contribution >= 0.6 is 23.1 Å². The van der Waals surface area contributed by atoms with Gasteiger partial charge < -0.3 is 5.32 Å². The highest BCUT2D eigenvalue weighted by molar-refractivity contribution is 7.98. The topological polar surface area (TPSA) is 24.9 Å². The Balaban J connectivity index is 2.39. The van der Waals surface area contributed by atoms with Crippen molar-refractivity contribution < 1.29 is 0 Å². The average Bonchev–Trinajstić information content (AvgIpc) is 2.52. The minimum atomic E-state index is 0.443. The SMILES string of the molecule is CSCCCNC(C)c1sc(C)nc1C. The van der Waals surface area contributed by atoms with Gasteiger partial charge in [-0.05, 0) is 45.7 Å². The second-order valence-corrected chi connectivity index (χ2v) is 5.93. The van der Waals surface area contributed by atoms with Crippen LogP contribution in [0.2, 0.25) is 0 Å². The first-order valence-electron chi connectivity index (χ1n) is 5.31. The number of aryl methyl sites for hydroxylation is 2. The molecule has 0 spiro atoms. The van der Waals surface area contributed by atoms with Gasteiger partial charge in [-0.1, -0.05) is 0 Å². The largest absolute Gasteiger partial charge is 0.309 e. The Kier molecular flexibility index (Phi) is 5.64. The van der Waals surface area contributed by atoms with Crippen LogP contribution in [-0.2, 0) is 0 Å². The van der Waals surface area contributed by atoms with Gasteiger partial charge in [-0.3, -0.25) is 0 Å². The lowest BCUT2D eigenvalue weighted by molar-refractivity contribution is 0.577. The number of hydrogen-bond donors (Lipinski definition) is 1. The first-order chi connectivity index (χ1) is 7.15. The van der Waals surface area contributed by atoms with E-state index in [0.29, 0.717) is 6.04 Å². The summed E-state index contributed by atoms with van der Waals surface area (Å²) in [6.07, 6.45) is 3.39. The Bertz CT molecular complexity index is 297. The maximum Gasteiger partial charge on any atom is 0.0900 e. The van der Waals surface area contributed by atoms with Crippen molar-refractivity contribution in [3.05, 3.63) is 15.6 Å². The molecule has 0 bridgehead atoms. The van der Waals surface area contributed by atoms with Crippen molar-refractivity contribution in [3.8, 4) is 0 Å². The molecule has 1 unspecified atom stereocenters. The monoisotopic (exact) mass is 244 g/mol. The van der Waals surface area contributed by atoms with E-state index in [2.05, 4.69) is 37.3 Å². The molecule has 0 radical (unpaired) electrons. The van der Waals surface area contributed by atoms with Gasteiger partial charge in [-0.2, -0.15) is 11.8 Å². The Morgan fingerprint density at radius 3 is 2.73 bits per heavy atom. The second-order valence-electron chi connectivity index (χ2n) is 3.70. The quantitative estimate of drug-likeness (QED) is 0.778. The summed E-state index contributed by atoms with van der Waals surface area (Å²) < 4.78 is 0. The van der Waals surface area contributed by atoms with E-state index in [-0.39, 0.29) is 0 Å². The van der Waals surface area contributed by atoms with Gasteiger partial charge in [0.1, 0.15) is 0 Å². The molecular formula is C11H20N2S2. The molecule has 15 heavy (non-hydrogen) atoms. The Morgan fingerprint density at radius 2 is 2.20 bits per heavy atom. The molecule has 4 heteroatoms. The molecule has 1 aromatic rings. The number of aromatic nitrogens is 1. The van der Waals surface area contributed by atoms with E-state index in [1.807, 2.05) is 23.1 Å². The highest BCUT2D eigenvalue weighted by Crippen LogP contribution is 2.24. The summed E-state index contributed by atoms with van der Waals surface area (Å²) in [6, 6.07) is 0.443. The zero-order valence-corrected chi connectivity index (χ0v) is 11.6. The zero-order chi connectivity index (χ0) is 11.3. The molecule has 1 heterocycles. The molecule has 1 aromatic heterocycles. The number of nitrogens with one attached hydrogen (secondary N) is 1. The van der Waals surface area contributed by atoms with Gasteiger partial charge in [-0.25, -0.2) is 4.98 Å². The summed E-state index contributed by atoms with van der Waals surface area (Å²) >= 11 is 3.71. The summed E-state index contributed by atoms with van der Waals surface area (Å²) in [6.45, 7) is 7.48. The molecule has 0 aliphatic rings. The fourth-order valence-corrected chi connectivity index (χ4v) is 2.96. The number of nitrogens with zero attached hydrogens (tertiary/aromatic N) is 1. The fraction of sp³-hybridized carbons (Fsp3) is 0.727. The molecule has 0 aliphatic carbocycles. The minimum Gasteiger partial charge on any atom is -0.309 e. The molecule has 0 fully saturated rings. The van der Waals surface area contributed by atoms with Crippen LogP contribution in [-0.4, -0.2) is 23.5 Å². The lowest BCUT2D eigenvalue weighted by Gasteiger charge is -2.12. The predicted octanol–water partition coefficient (Wildman–Crippen LogP) is 3.16. The first kappa shape index (κ1) is 13.0. The molecule has 0 aromatic carbocycles. The molecule has 86 valence electrons. The van der Waals surface area contributed by atoms with Crippen LogP contribution in [0, 0.1) is 13.8 Å².